The van der Waals surface area contributed by atoms with Crippen molar-refractivity contribution in [3.63, 3.8) is 0 Å². The molecule has 23 heavy (non-hydrogen) atoms. The second-order valence-corrected chi connectivity index (χ2v) is 7.03. The van der Waals surface area contributed by atoms with E-state index in [0.29, 0.717) is 16.1 Å². The largest absolute Gasteiger partial charge is 0.549 e. The quantitative estimate of drug-likeness (QED) is 0.775. The molecule has 1 saturated carbocycles. The molecule has 0 radical (unpaired) electrons. The monoisotopic (exact) mass is 350 g/mol. The lowest BCUT2D eigenvalue weighted by molar-refractivity contribution is -0.301. The molecule has 1 aliphatic rings. The first-order chi connectivity index (χ1) is 11.1. The average Bonchev–Trinajstić information content (AvgIpc) is 2.97. The molecule has 1 aromatic carbocycles. The Morgan fingerprint density at radius 2 is 2.09 bits per heavy atom. The number of carboxylic acid groups (broad SMARTS) is 1. The van der Waals surface area contributed by atoms with Gasteiger partial charge in [-0.3, -0.25) is 4.57 Å². The van der Waals surface area contributed by atoms with Crippen LogP contribution in [0, 0.1) is 0 Å². The molecule has 0 aliphatic heterocycles. The topological polar surface area (TPSA) is 70.8 Å². The van der Waals surface area contributed by atoms with Crippen molar-refractivity contribution in [2.45, 2.75) is 43.2 Å². The molecule has 0 atom stereocenters. The predicted octanol–water partition coefficient (Wildman–Crippen LogP) is 2.81. The number of carbonyl (C=O) groups is 1. The van der Waals surface area contributed by atoms with E-state index in [1.54, 1.807) is 0 Å². The smallest absolute Gasteiger partial charge is 0.196 e. The summed E-state index contributed by atoms with van der Waals surface area (Å²) in [5.41, 5.74) is 0.865. The molecule has 2 aromatic rings. The summed E-state index contributed by atoms with van der Waals surface area (Å²) < 4.78 is 1.94. The minimum atomic E-state index is -1.12. The summed E-state index contributed by atoms with van der Waals surface area (Å²) >= 11 is 7.24. The summed E-state index contributed by atoms with van der Waals surface area (Å²) in [6.45, 7) is 0. The lowest BCUT2D eigenvalue weighted by Crippen LogP contribution is -2.24. The van der Waals surface area contributed by atoms with Crippen molar-refractivity contribution in [1.29, 1.82) is 0 Å². The normalized spacial score (nSPS) is 15.7. The Hall–Kier alpha value is -1.53. The zero-order chi connectivity index (χ0) is 16.2. The van der Waals surface area contributed by atoms with Gasteiger partial charge in [0.15, 0.2) is 5.16 Å². The number of carboxylic acids is 1. The van der Waals surface area contributed by atoms with Gasteiger partial charge in [-0.1, -0.05) is 48.7 Å². The lowest BCUT2D eigenvalue weighted by atomic mass is 9.88. The Bertz CT molecular complexity index is 698. The van der Waals surface area contributed by atoms with Crippen LogP contribution >= 0.6 is 23.4 Å². The zero-order valence-corrected chi connectivity index (χ0v) is 14.1. The Balaban J connectivity index is 2.00. The van der Waals surface area contributed by atoms with E-state index in [4.69, 9.17) is 11.6 Å². The highest BCUT2D eigenvalue weighted by atomic mass is 35.5. The molecular weight excluding hydrogens is 334 g/mol. The summed E-state index contributed by atoms with van der Waals surface area (Å²) in [4.78, 5) is 10.8. The fraction of sp³-hybridized carbons (Fsp3) is 0.438. The summed E-state index contributed by atoms with van der Waals surface area (Å²) in [5, 5.41) is 20.5. The first-order valence-corrected chi connectivity index (χ1v) is 9.05. The summed E-state index contributed by atoms with van der Waals surface area (Å²) in [5.74, 6) is -0.0150. The number of nitrogens with zero attached hydrogens (tertiary/aromatic N) is 3. The SMILES string of the molecule is O=C([O-])CSc1nnc(C2CCCCC2)n1-c1cccc(Cl)c1. The van der Waals surface area contributed by atoms with Gasteiger partial charge in [-0.15, -0.1) is 10.2 Å². The van der Waals surface area contributed by atoms with Crippen LogP contribution in [0.25, 0.3) is 5.69 Å². The van der Waals surface area contributed by atoms with Crippen molar-refractivity contribution < 1.29 is 9.90 Å². The van der Waals surface area contributed by atoms with Crippen molar-refractivity contribution in [2.75, 3.05) is 5.75 Å². The number of hydrogen-bond donors (Lipinski definition) is 0. The number of aliphatic carboxylic acids is 1. The minimum Gasteiger partial charge on any atom is -0.549 e. The van der Waals surface area contributed by atoms with Crippen molar-refractivity contribution in [2.24, 2.45) is 0 Å². The van der Waals surface area contributed by atoms with Gasteiger partial charge in [-0.2, -0.15) is 0 Å². The van der Waals surface area contributed by atoms with Gasteiger partial charge in [0.1, 0.15) is 5.82 Å². The maximum Gasteiger partial charge on any atom is 0.196 e. The highest BCUT2D eigenvalue weighted by Gasteiger charge is 2.24. The minimum absolute atomic E-state index is 0.149. The van der Waals surface area contributed by atoms with E-state index >= 15 is 0 Å². The highest BCUT2D eigenvalue weighted by molar-refractivity contribution is 7.99. The van der Waals surface area contributed by atoms with E-state index in [-0.39, 0.29) is 5.75 Å². The van der Waals surface area contributed by atoms with Crippen molar-refractivity contribution in [3.05, 3.63) is 35.1 Å². The van der Waals surface area contributed by atoms with Crippen molar-refractivity contribution in [1.82, 2.24) is 14.8 Å². The molecule has 0 bridgehead atoms. The molecule has 1 fully saturated rings. The average molecular weight is 351 g/mol. The van der Waals surface area contributed by atoms with Gasteiger partial charge in [-0.05, 0) is 31.0 Å². The molecule has 5 nitrogen and oxygen atoms in total. The standard InChI is InChI=1S/C16H18ClN3O2S/c17-12-7-4-8-13(9-12)20-15(11-5-2-1-3-6-11)18-19-16(20)23-10-14(21)22/h4,7-9,11H,1-3,5-6,10H2,(H,21,22)/p-1. The maximum atomic E-state index is 10.8. The van der Waals surface area contributed by atoms with Crippen LogP contribution in [-0.4, -0.2) is 26.5 Å². The summed E-state index contributed by atoms with van der Waals surface area (Å²) in [6, 6.07) is 7.46. The molecule has 0 spiro atoms. The second-order valence-electron chi connectivity index (χ2n) is 5.65. The molecule has 0 saturated heterocycles. The Morgan fingerprint density at radius 3 is 2.78 bits per heavy atom. The van der Waals surface area contributed by atoms with Crippen molar-refractivity contribution in [3.8, 4) is 5.69 Å². The Kier molecular flexibility index (Phi) is 5.23. The molecule has 1 aromatic heterocycles. The first-order valence-electron chi connectivity index (χ1n) is 7.69. The van der Waals surface area contributed by atoms with Crippen LogP contribution in [0.1, 0.15) is 43.8 Å². The molecule has 0 N–H and O–H groups in total. The number of thioether (sulfide) groups is 1. The van der Waals surface area contributed by atoms with E-state index in [9.17, 15) is 9.90 Å². The van der Waals surface area contributed by atoms with Gasteiger partial charge in [0, 0.05) is 16.7 Å². The molecular formula is C16H17ClN3O2S-. The summed E-state index contributed by atoms with van der Waals surface area (Å²) in [7, 11) is 0. The van der Waals surface area contributed by atoms with Gasteiger partial charge in [-0.25, -0.2) is 0 Å². The van der Waals surface area contributed by atoms with Crippen LogP contribution in [0.4, 0.5) is 0 Å². The van der Waals surface area contributed by atoms with E-state index in [0.717, 1.165) is 36.1 Å². The predicted molar refractivity (Wildman–Crippen MR) is 87.9 cm³/mol. The second kappa shape index (κ2) is 7.36. The van der Waals surface area contributed by atoms with E-state index in [2.05, 4.69) is 10.2 Å². The third-order valence-electron chi connectivity index (χ3n) is 4.01. The van der Waals surface area contributed by atoms with E-state index in [1.807, 2.05) is 28.8 Å². The van der Waals surface area contributed by atoms with Crippen LogP contribution in [0.3, 0.4) is 0 Å². The third kappa shape index (κ3) is 3.87. The number of rotatable bonds is 5. The van der Waals surface area contributed by atoms with Crippen LogP contribution in [-0.2, 0) is 4.79 Å². The number of hydrogen-bond acceptors (Lipinski definition) is 5. The molecule has 1 aliphatic carbocycles. The van der Waals surface area contributed by atoms with Gasteiger partial charge < -0.3 is 9.90 Å². The zero-order valence-electron chi connectivity index (χ0n) is 12.6. The van der Waals surface area contributed by atoms with Gasteiger partial charge in [0.25, 0.3) is 0 Å². The fourth-order valence-electron chi connectivity index (χ4n) is 2.98. The number of benzene rings is 1. The fourth-order valence-corrected chi connectivity index (χ4v) is 3.84. The first kappa shape index (κ1) is 16.3. The number of aromatic nitrogens is 3. The van der Waals surface area contributed by atoms with Crippen LogP contribution in [0.2, 0.25) is 5.02 Å². The third-order valence-corrected chi connectivity index (χ3v) is 5.15. The maximum absolute atomic E-state index is 10.8. The molecule has 3 rings (SSSR count). The van der Waals surface area contributed by atoms with Crippen molar-refractivity contribution >= 4 is 29.3 Å². The molecule has 7 heteroatoms. The molecule has 1 heterocycles. The van der Waals surface area contributed by atoms with E-state index < -0.39 is 5.97 Å². The van der Waals surface area contributed by atoms with Crippen LogP contribution < -0.4 is 5.11 Å². The van der Waals surface area contributed by atoms with Crippen LogP contribution in [0.15, 0.2) is 29.4 Å². The molecule has 122 valence electrons. The van der Waals surface area contributed by atoms with Gasteiger partial charge in [0.05, 0.1) is 11.7 Å². The summed E-state index contributed by atoms with van der Waals surface area (Å²) in [6.07, 6.45) is 5.81. The highest BCUT2D eigenvalue weighted by Crippen LogP contribution is 2.35. The van der Waals surface area contributed by atoms with Crippen LogP contribution in [0.5, 0.6) is 0 Å². The molecule has 0 unspecified atom stereocenters. The number of halogens is 1. The number of carbonyl (C=O) groups excluding carboxylic acids is 1. The Labute approximate surface area is 144 Å². The van der Waals surface area contributed by atoms with Gasteiger partial charge >= 0.3 is 0 Å². The van der Waals surface area contributed by atoms with Gasteiger partial charge in [0.2, 0.25) is 0 Å². The van der Waals surface area contributed by atoms with E-state index in [1.165, 1.54) is 19.3 Å². The lowest BCUT2D eigenvalue weighted by Gasteiger charge is -2.22. The Morgan fingerprint density at radius 1 is 1.30 bits per heavy atom. The molecule has 0 amide bonds.